The maximum absolute atomic E-state index is 12.8. The molecule has 0 unspecified atom stereocenters. The summed E-state index contributed by atoms with van der Waals surface area (Å²) in [6.07, 6.45) is -0.280. The standard InChI is InChI=1S/C22H22N4O2/c1-25-19-9-5-3-7-16(19)22(27)24-20(25)17-14-15-6-2-4-8-18(15)23-21(17)26-10-12-28-13-11-26/h2-9,14,20H,10-13H2,1H3,(H,24,27)/t20-/m0/s1. The number of ether oxygens (including phenoxy) is 1. The Balaban J connectivity index is 1.66. The third-order valence-electron chi connectivity index (χ3n) is 5.52. The van der Waals surface area contributed by atoms with Gasteiger partial charge in [0.05, 0.1) is 30.0 Å². The molecular weight excluding hydrogens is 352 g/mol. The van der Waals surface area contributed by atoms with E-state index in [9.17, 15) is 4.79 Å². The highest BCUT2D eigenvalue weighted by Crippen LogP contribution is 2.36. The van der Waals surface area contributed by atoms with E-state index in [1.165, 1.54) is 0 Å². The summed E-state index contributed by atoms with van der Waals surface area (Å²) in [7, 11) is 2.02. The lowest BCUT2D eigenvalue weighted by molar-refractivity contribution is 0.0927. The molecular formula is C22H22N4O2. The summed E-state index contributed by atoms with van der Waals surface area (Å²) >= 11 is 0. The van der Waals surface area contributed by atoms with Crippen molar-refractivity contribution in [2.75, 3.05) is 43.2 Å². The maximum Gasteiger partial charge on any atom is 0.255 e. The zero-order valence-corrected chi connectivity index (χ0v) is 15.8. The Hall–Kier alpha value is -3.12. The number of hydrogen-bond donors (Lipinski definition) is 1. The molecule has 3 heterocycles. The number of amides is 1. The third kappa shape index (κ3) is 2.77. The molecule has 1 fully saturated rings. The van der Waals surface area contributed by atoms with Crippen molar-refractivity contribution >= 4 is 28.3 Å². The van der Waals surface area contributed by atoms with Gasteiger partial charge in [0, 0.05) is 31.1 Å². The van der Waals surface area contributed by atoms with Gasteiger partial charge in [0.15, 0.2) is 0 Å². The normalized spacial score (nSPS) is 19.5. The van der Waals surface area contributed by atoms with E-state index in [0.29, 0.717) is 18.8 Å². The number of aromatic nitrogens is 1. The van der Waals surface area contributed by atoms with Gasteiger partial charge >= 0.3 is 0 Å². The van der Waals surface area contributed by atoms with E-state index in [1.54, 1.807) is 0 Å². The highest BCUT2D eigenvalue weighted by Gasteiger charge is 2.32. The van der Waals surface area contributed by atoms with Crippen molar-refractivity contribution in [2.24, 2.45) is 0 Å². The molecule has 142 valence electrons. The monoisotopic (exact) mass is 374 g/mol. The number of nitrogens with one attached hydrogen (secondary N) is 1. The molecule has 1 amide bonds. The van der Waals surface area contributed by atoms with Crippen LogP contribution in [0.15, 0.2) is 54.6 Å². The van der Waals surface area contributed by atoms with Gasteiger partial charge in [0.25, 0.3) is 5.91 Å². The summed E-state index contributed by atoms with van der Waals surface area (Å²) in [5.74, 6) is 0.860. The summed E-state index contributed by atoms with van der Waals surface area (Å²) in [5, 5.41) is 4.24. The van der Waals surface area contributed by atoms with Gasteiger partial charge in [0.2, 0.25) is 0 Å². The van der Waals surface area contributed by atoms with E-state index >= 15 is 0 Å². The highest BCUT2D eigenvalue weighted by atomic mass is 16.5. The number of nitrogens with zero attached hydrogens (tertiary/aromatic N) is 3. The summed E-state index contributed by atoms with van der Waals surface area (Å²) in [6, 6.07) is 18.0. The smallest absolute Gasteiger partial charge is 0.255 e. The van der Waals surface area contributed by atoms with Crippen molar-refractivity contribution < 1.29 is 9.53 Å². The van der Waals surface area contributed by atoms with E-state index in [1.807, 2.05) is 49.5 Å². The maximum atomic E-state index is 12.8. The lowest BCUT2D eigenvalue weighted by Gasteiger charge is -2.39. The van der Waals surface area contributed by atoms with Crippen LogP contribution in [0, 0.1) is 0 Å². The predicted octanol–water partition coefficient (Wildman–Crippen LogP) is 2.95. The Morgan fingerprint density at radius 2 is 1.82 bits per heavy atom. The van der Waals surface area contributed by atoms with Crippen molar-refractivity contribution in [3.05, 3.63) is 65.7 Å². The van der Waals surface area contributed by atoms with E-state index in [-0.39, 0.29) is 12.1 Å². The summed E-state index contributed by atoms with van der Waals surface area (Å²) in [6.45, 7) is 2.95. The third-order valence-corrected chi connectivity index (χ3v) is 5.52. The van der Waals surface area contributed by atoms with Crippen LogP contribution in [0.1, 0.15) is 22.1 Å². The molecule has 28 heavy (non-hydrogen) atoms. The van der Waals surface area contributed by atoms with E-state index in [2.05, 4.69) is 27.2 Å². The molecule has 1 atom stereocenters. The molecule has 0 aliphatic carbocycles. The number of fused-ring (bicyclic) bond motifs is 2. The summed E-state index contributed by atoms with van der Waals surface area (Å²) in [4.78, 5) is 22.1. The van der Waals surface area contributed by atoms with E-state index in [4.69, 9.17) is 9.72 Å². The van der Waals surface area contributed by atoms with Gasteiger partial charge in [-0.05, 0) is 24.3 Å². The minimum absolute atomic E-state index is 0.0558. The quantitative estimate of drug-likeness (QED) is 0.747. The van der Waals surface area contributed by atoms with Crippen LogP contribution in [0.4, 0.5) is 11.5 Å². The Bertz CT molecular complexity index is 1050. The number of pyridine rings is 1. The second-order valence-corrected chi connectivity index (χ2v) is 7.20. The fraction of sp³-hybridized carbons (Fsp3) is 0.273. The van der Waals surface area contributed by atoms with Crippen LogP contribution < -0.4 is 15.1 Å². The lowest BCUT2D eigenvalue weighted by Crippen LogP contribution is -2.46. The van der Waals surface area contributed by atoms with Gasteiger partial charge < -0.3 is 19.9 Å². The van der Waals surface area contributed by atoms with Gasteiger partial charge in [-0.25, -0.2) is 4.98 Å². The van der Waals surface area contributed by atoms with Gasteiger partial charge in [-0.1, -0.05) is 30.3 Å². The molecule has 1 N–H and O–H groups in total. The number of rotatable bonds is 2. The van der Waals surface area contributed by atoms with Gasteiger partial charge in [-0.2, -0.15) is 0 Å². The Morgan fingerprint density at radius 3 is 2.68 bits per heavy atom. The summed E-state index contributed by atoms with van der Waals surface area (Å²) in [5.41, 5.74) is 3.59. The first-order valence-corrected chi connectivity index (χ1v) is 9.57. The van der Waals surface area contributed by atoms with Crippen LogP contribution in [0.2, 0.25) is 0 Å². The molecule has 0 radical (unpaired) electrons. The zero-order chi connectivity index (χ0) is 19.1. The SMILES string of the molecule is CN1c2ccccc2C(=O)N[C@@H]1c1cc2ccccc2nc1N1CCOCC1. The van der Waals surface area contributed by atoms with E-state index < -0.39 is 0 Å². The molecule has 2 aliphatic heterocycles. The minimum atomic E-state index is -0.280. The molecule has 0 spiro atoms. The number of morpholine rings is 1. The largest absolute Gasteiger partial charge is 0.378 e. The fourth-order valence-electron chi connectivity index (χ4n) is 4.05. The first-order chi connectivity index (χ1) is 13.7. The van der Waals surface area contributed by atoms with Gasteiger partial charge in [-0.15, -0.1) is 0 Å². The van der Waals surface area contributed by atoms with Crippen LogP contribution >= 0.6 is 0 Å². The van der Waals surface area contributed by atoms with Crippen molar-refractivity contribution in [3.8, 4) is 0 Å². The molecule has 0 bridgehead atoms. The second kappa shape index (κ2) is 6.80. The van der Waals surface area contributed by atoms with Crippen molar-refractivity contribution in [2.45, 2.75) is 6.17 Å². The number of carbonyl (C=O) groups is 1. The van der Waals surface area contributed by atoms with Crippen LogP contribution in [0.3, 0.4) is 0 Å². The molecule has 0 saturated carbocycles. The highest BCUT2D eigenvalue weighted by molar-refractivity contribution is 6.02. The first kappa shape index (κ1) is 17.0. The van der Waals surface area contributed by atoms with Crippen LogP contribution in [-0.2, 0) is 4.74 Å². The molecule has 5 rings (SSSR count). The number of carbonyl (C=O) groups excluding carboxylic acids is 1. The fourth-order valence-corrected chi connectivity index (χ4v) is 4.05. The minimum Gasteiger partial charge on any atom is -0.378 e. The van der Waals surface area contributed by atoms with Crippen molar-refractivity contribution in [1.82, 2.24) is 10.3 Å². The second-order valence-electron chi connectivity index (χ2n) is 7.20. The molecule has 2 aromatic carbocycles. The molecule has 2 aliphatic rings. The molecule has 6 nitrogen and oxygen atoms in total. The molecule has 3 aromatic rings. The first-order valence-electron chi connectivity index (χ1n) is 9.57. The Labute approximate surface area is 163 Å². The predicted molar refractivity (Wildman–Crippen MR) is 110 cm³/mol. The molecule has 6 heteroatoms. The van der Waals surface area contributed by atoms with Crippen LogP contribution in [0.25, 0.3) is 10.9 Å². The Kier molecular flexibility index (Phi) is 4.13. The molecule has 1 saturated heterocycles. The van der Waals surface area contributed by atoms with Crippen molar-refractivity contribution in [1.29, 1.82) is 0 Å². The Morgan fingerprint density at radius 1 is 1.07 bits per heavy atom. The average molecular weight is 374 g/mol. The number of hydrogen-bond acceptors (Lipinski definition) is 5. The number of anilines is 2. The zero-order valence-electron chi connectivity index (χ0n) is 15.8. The topological polar surface area (TPSA) is 57.7 Å². The van der Waals surface area contributed by atoms with Crippen LogP contribution in [-0.4, -0.2) is 44.2 Å². The molecule has 1 aromatic heterocycles. The number of para-hydroxylation sites is 2. The average Bonchev–Trinajstić information content (AvgIpc) is 2.76. The van der Waals surface area contributed by atoms with E-state index in [0.717, 1.165) is 41.1 Å². The lowest BCUT2D eigenvalue weighted by atomic mass is 10.0. The number of benzene rings is 2. The van der Waals surface area contributed by atoms with Crippen molar-refractivity contribution in [3.63, 3.8) is 0 Å². The summed E-state index contributed by atoms with van der Waals surface area (Å²) < 4.78 is 5.53. The van der Waals surface area contributed by atoms with Gasteiger partial charge in [-0.3, -0.25) is 4.79 Å². The van der Waals surface area contributed by atoms with Gasteiger partial charge in [0.1, 0.15) is 12.0 Å². The van der Waals surface area contributed by atoms with Crippen LogP contribution in [0.5, 0.6) is 0 Å².